The average molecular weight is 353 g/mol. The Hall–Kier alpha value is -3.86. The van der Waals surface area contributed by atoms with Crippen LogP contribution in [0.4, 0.5) is 0 Å². The van der Waals surface area contributed by atoms with Gasteiger partial charge in [-0.2, -0.15) is 0 Å². The van der Waals surface area contributed by atoms with Crippen molar-refractivity contribution < 1.29 is 0 Å². The lowest BCUT2D eigenvalue weighted by molar-refractivity contribution is 0.991. The highest BCUT2D eigenvalue weighted by Crippen LogP contribution is 2.18. The third kappa shape index (κ3) is 1.99. The Morgan fingerprint density at radius 2 is 0.926 bits per heavy atom. The fraction of sp³-hybridized carbons (Fsp3) is 0. The molecule has 0 bridgehead atoms. The van der Waals surface area contributed by atoms with Crippen molar-refractivity contribution in [2.75, 3.05) is 0 Å². The van der Waals surface area contributed by atoms with Gasteiger partial charge in [0.05, 0.1) is 16.5 Å². The lowest BCUT2D eigenvalue weighted by Crippen LogP contribution is -2.23. The third-order valence-corrected chi connectivity index (χ3v) is 4.94. The third-order valence-electron chi connectivity index (χ3n) is 4.94. The zero-order valence-corrected chi connectivity index (χ0v) is 13.9. The number of fused-ring (bicyclic) bond motifs is 3. The number of benzene rings is 4. The van der Waals surface area contributed by atoms with Crippen LogP contribution in [0.1, 0.15) is 0 Å². The van der Waals surface area contributed by atoms with E-state index in [4.69, 9.17) is 0 Å². The molecule has 1 aromatic heterocycles. The minimum Gasteiger partial charge on any atom is -0.289 e. The van der Waals surface area contributed by atoms with E-state index in [0.29, 0.717) is 16.5 Å². The molecule has 1 heterocycles. The van der Waals surface area contributed by atoms with Crippen molar-refractivity contribution in [3.63, 3.8) is 0 Å². The van der Waals surface area contributed by atoms with E-state index in [1.54, 1.807) is 54.6 Å². The normalized spacial score (nSPS) is 11.6. The molecule has 0 aliphatic carbocycles. The first-order valence-corrected chi connectivity index (χ1v) is 8.38. The summed E-state index contributed by atoms with van der Waals surface area (Å²) >= 11 is 0. The van der Waals surface area contributed by atoms with E-state index < -0.39 is 11.1 Å². The minimum atomic E-state index is -0.497. The second kappa shape index (κ2) is 5.32. The average Bonchev–Trinajstić information content (AvgIpc) is 2.95. The van der Waals surface area contributed by atoms with Gasteiger partial charge in [-0.1, -0.05) is 42.5 Å². The van der Waals surface area contributed by atoms with Crippen molar-refractivity contribution in [2.45, 2.75) is 0 Å². The van der Waals surface area contributed by atoms with Gasteiger partial charge in [0, 0.05) is 21.5 Å². The number of hydrogen-bond donors (Lipinski definition) is 0. The van der Waals surface area contributed by atoms with Crippen molar-refractivity contribution in [2.24, 2.45) is 0 Å². The molecule has 5 rings (SSSR count). The van der Waals surface area contributed by atoms with Gasteiger partial charge in [0.25, 0.3) is 11.1 Å². The van der Waals surface area contributed by atoms with Gasteiger partial charge in [-0.3, -0.25) is 19.2 Å². The SMILES string of the molecule is O=c1c2ccccc2c(=O)c2cc3c(=O)n(-c4ccccc4)c(=O)c3cc12. The second-order valence-corrected chi connectivity index (χ2v) is 6.43. The van der Waals surface area contributed by atoms with Crippen molar-refractivity contribution in [3.05, 3.63) is 108 Å². The van der Waals surface area contributed by atoms with Gasteiger partial charge in [-0.05, 0) is 24.3 Å². The molecule has 0 radical (unpaired) electrons. The monoisotopic (exact) mass is 353 g/mol. The highest BCUT2D eigenvalue weighted by Gasteiger charge is 2.18. The highest BCUT2D eigenvalue weighted by molar-refractivity contribution is 6.04. The van der Waals surface area contributed by atoms with Gasteiger partial charge in [-0.25, -0.2) is 4.57 Å². The van der Waals surface area contributed by atoms with Gasteiger partial charge >= 0.3 is 0 Å². The maximum Gasteiger partial charge on any atom is 0.266 e. The van der Waals surface area contributed by atoms with Gasteiger partial charge in [0.1, 0.15) is 0 Å². The van der Waals surface area contributed by atoms with Gasteiger partial charge in [-0.15, -0.1) is 0 Å². The quantitative estimate of drug-likeness (QED) is 0.433. The molecule has 0 atom stereocenters. The number of para-hydroxylation sites is 1. The summed E-state index contributed by atoms with van der Waals surface area (Å²) in [5.74, 6) is 0. The van der Waals surface area contributed by atoms with Crippen molar-refractivity contribution in [1.29, 1.82) is 0 Å². The molecule has 27 heavy (non-hydrogen) atoms. The number of nitrogens with zero attached hydrogens (tertiary/aromatic N) is 1. The van der Waals surface area contributed by atoms with Crippen LogP contribution in [0.2, 0.25) is 0 Å². The first-order valence-electron chi connectivity index (χ1n) is 8.38. The summed E-state index contributed by atoms with van der Waals surface area (Å²) in [7, 11) is 0. The zero-order chi connectivity index (χ0) is 18.7. The highest BCUT2D eigenvalue weighted by atomic mass is 16.2. The van der Waals surface area contributed by atoms with Gasteiger partial charge in [0.2, 0.25) is 0 Å². The predicted octanol–water partition coefficient (Wildman–Crippen LogP) is 2.25. The second-order valence-electron chi connectivity index (χ2n) is 6.43. The first kappa shape index (κ1) is 15.4. The standard InChI is InChI=1S/C22H11NO4/c24-19-13-8-4-5-9-14(13)20(25)16-11-18-17(10-15(16)19)21(26)23(22(18)27)12-6-2-1-3-7-12/h1-11H. The van der Waals surface area contributed by atoms with E-state index in [0.717, 1.165) is 4.57 Å². The molecule has 0 amide bonds. The van der Waals surface area contributed by atoms with Crippen LogP contribution in [0, 0.1) is 0 Å². The Bertz CT molecular complexity index is 1490. The van der Waals surface area contributed by atoms with E-state index in [1.807, 2.05) is 0 Å². The molecular formula is C22H11NO4. The molecule has 0 aliphatic rings. The molecule has 0 saturated carbocycles. The maximum atomic E-state index is 12.8. The fourth-order valence-electron chi connectivity index (χ4n) is 3.64. The van der Waals surface area contributed by atoms with Gasteiger partial charge in [0.15, 0.2) is 10.9 Å². The van der Waals surface area contributed by atoms with Crippen LogP contribution in [0.3, 0.4) is 0 Å². The van der Waals surface area contributed by atoms with E-state index in [9.17, 15) is 19.2 Å². The molecular weight excluding hydrogens is 342 g/mol. The minimum absolute atomic E-state index is 0.142. The van der Waals surface area contributed by atoms with Crippen LogP contribution in [-0.4, -0.2) is 4.57 Å². The molecule has 128 valence electrons. The molecule has 0 unspecified atom stereocenters. The summed E-state index contributed by atoms with van der Waals surface area (Å²) in [6, 6.07) is 17.9. The fourth-order valence-corrected chi connectivity index (χ4v) is 3.64. The van der Waals surface area contributed by atoms with Crippen LogP contribution in [0.25, 0.3) is 38.0 Å². The zero-order valence-electron chi connectivity index (χ0n) is 13.9. The molecule has 0 N–H and O–H groups in total. The van der Waals surface area contributed by atoms with Crippen LogP contribution in [-0.2, 0) is 0 Å². The molecule has 0 spiro atoms. The first-order chi connectivity index (χ1) is 13.1. The summed E-state index contributed by atoms with van der Waals surface area (Å²) in [4.78, 5) is 51.3. The Labute approximate surface area is 151 Å². The lowest BCUT2D eigenvalue weighted by Gasteiger charge is -2.00. The van der Waals surface area contributed by atoms with Crippen LogP contribution in [0.5, 0.6) is 0 Å². The summed E-state index contributed by atoms with van der Waals surface area (Å²) in [5.41, 5.74) is -1.18. The molecule has 0 fully saturated rings. The van der Waals surface area contributed by atoms with Crippen LogP contribution < -0.4 is 22.0 Å². The molecule has 5 aromatic rings. The largest absolute Gasteiger partial charge is 0.289 e. The Balaban J connectivity index is 2.02. The predicted molar refractivity (Wildman–Crippen MR) is 106 cm³/mol. The molecule has 0 aliphatic heterocycles. The maximum absolute atomic E-state index is 12.8. The molecule has 5 nitrogen and oxygen atoms in total. The summed E-state index contributed by atoms with van der Waals surface area (Å²) in [6.45, 7) is 0. The molecule has 4 aromatic carbocycles. The summed E-state index contributed by atoms with van der Waals surface area (Å²) in [5, 5.41) is 1.23. The molecule has 5 heteroatoms. The van der Waals surface area contributed by atoms with E-state index in [2.05, 4.69) is 0 Å². The van der Waals surface area contributed by atoms with Crippen LogP contribution in [0.15, 0.2) is 85.9 Å². The van der Waals surface area contributed by atoms with Crippen molar-refractivity contribution in [3.8, 4) is 5.69 Å². The van der Waals surface area contributed by atoms with E-state index >= 15 is 0 Å². The van der Waals surface area contributed by atoms with Gasteiger partial charge < -0.3 is 0 Å². The number of aromatic nitrogens is 1. The van der Waals surface area contributed by atoms with E-state index in [1.165, 1.54) is 12.1 Å². The topological polar surface area (TPSA) is 73.2 Å². The summed E-state index contributed by atoms with van der Waals surface area (Å²) < 4.78 is 1.07. The number of hydrogen-bond acceptors (Lipinski definition) is 4. The Morgan fingerprint density at radius 3 is 1.41 bits per heavy atom. The van der Waals surface area contributed by atoms with Crippen molar-refractivity contribution in [1.82, 2.24) is 4.57 Å². The number of rotatable bonds is 1. The van der Waals surface area contributed by atoms with Crippen molar-refractivity contribution >= 4 is 32.3 Å². The van der Waals surface area contributed by atoms with E-state index in [-0.39, 0.29) is 32.4 Å². The lowest BCUT2D eigenvalue weighted by atomic mass is 10.0. The Kier molecular flexibility index (Phi) is 3.03. The van der Waals surface area contributed by atoms with Crippen LogP contribution >= 0.6 is 0 Å². The smallest absolute Gasteiger partial charge is 0.266 e. The summed E-state index contributed by atoms with van der Waals surface area (Å²) in [6.07, 6.45) is 0. The molecule has 0 saturated heterocycles. The Morgan fingerprint density at radius 1 is 0.481 bits per heavy atom.